The van der Waals surface area contributed by atoms with E-state index in [9.17, 15) is 14.4 Å². The highest BCUT2D eigenvalue weighted by atomic mass is 16.5. The van der Waals surface area contributed by atoms with Crippen molar-refractivity contribution in [2.24, 2.45) is 4.99 Å². The SMILES string of the molecule is CCOC(=O)CN1CCN(C2=NC3C(C(=O)NC(=O)N3C)N2CCc2ccccc2)CC1. The van der Waals surface area contributed by atoms with Gasteiger partial charge in [-0.15, -0.1) is 0 Å². The number of nitrogens with zero attached hydrogens (tertiary/aromatic N) is 5. The van der Waals surface area contributed by atoms with Crippen molar-refractivity contribution < 1.29 is 19.1 Å². The summed E-state index contributed by atoms with van der Waals surface area (Å²) in [5, 5.41) is 2.45. The first-order valence-corrected chi connectivity index (χ1v) is 11.1. The van der Waals surface area contributed by atoms with E-state index in [1.165, 1.54) is 10.5 Å². The number of imide groups is 1. The molecule has 0 radical (unpaired) electrons. The number of amides is 3. The van der Waals surface area contributed by atoms with Crippen LogP contribution in [0.15, 0.2) is 35.3 Å². The molecule has 4 rings (SSSR count). The molecule has 0 spiro atoms. The number of rotatable bonds is 6. The van der Waals surface area contributed by atoms with Crippen LogP contribution in [0.25, 0.3) is 0 Å². The summed E-state index contributed by atoms with van der Waals surface area (Å²) in [5.74, 6) is 0.209. The highest BCUT2D eigenvalue weighted by molar-refractivity contribution is 6.03. The van der Waals surface area contributed by atoms with Crippen molar-refractivity contribution in [2.45, 2.75) is 25.6 Å². The predicted octanol–water partition coefficient (Wildman–Crippen LogP) is -0.0423. The fraction of sp³-hybridized carbons (Fsp3) is 0.545. The quantitative estimate of drug-likeness (QED) is 0.618. The number of urea groups is 1. The van der Waals surface area contributed by atoms with Gasteiger partial charge in [0.25, 0.3) is 5.91 Å². The number of guanidine groups is 1. The Labute approximate surface area is 187 Å². The third-order valence-corrected chi connectivity index (χ3v) is 6.14. The van der Waals surface area contributed by atoms with E-state index in [1.54, 1.807) is 14.0 Å². The van der Waals surface area contributed by atoms with E-state index >= 15 is 0 Å². The van der Waals surface area contributed by atoms with Gasteiger partial charge in [-0.2, -0.15) is 0 Å². The van der Waals surface area contributed by atoms with Gasteiger partial charge in [-0.05, 0) is 18.9 Å². The minimum atomic E-state index is -0.547. The van der Waals surface area contributed by atoms with Crippen molar-refractivity contribution >= 4 is 23.9 Å². The van der Waals surface area contributed by atoms with Crippen LogP contribution in [0.4, 0.5) is 4.79 Å². The molecule has 2 fully saturated rings. The summed E-state index contributed by atoms with van der Waals surface area (Å²) in [5.41, 5.74) is 1.18. The second-order valence-corrected chi connectivity index (χ2v) is 8.19. The third kappa shape index (κ3) is 4.55. The maximum Gasteiger partial charge on any atom is 0.325 e. The lowest BCUT2D eigenvalue weighted by molar-refractivity contribution is -0.144. The minimum Gasteiger partial charge on any atom is -0.465 e. The number of likely N-dealkylation sites (N-methyl/N-ethyl adjacent to an activating group) is 1. The first-order valence-electron chi connectivity index (χ1n) is 11.1. The Kier molecular flexibility index (Phi) is 6.59. The lowest BCUT2D eigenvalue weighted by atomic mass is 10.1. The number of carbonyl (C=O) groups is 3. The Balaban J connectivity index is 1.48. The number of nitrogens with one attached hydrogen (secondary N) is 1. The van der Waals surface area contributed by atoms with Crippen LogP contribution in [-0.4, -0.2) is 109 Å². The fourth-order valence-electron chi connectivity index (χ4n) is 4.40. The molecular weight excluding hydrogens is 412 g/mol. The molecule has 3 aliphatic rings. The number of fused-ring (bicyclic) bond motifs is 1. The van der Waals surface area contributed by atoms with Crippen LogP contribution in [-0.2, 0) is 20.7 Å². The minimum absolute atomic E-state index is 0.216. The molecule has 1 aromatic carbocycles. The van der Waals surface area contributed by atoms with Crippen molar-refractivity contribution in [3.63, 3.8) is 0 Å². The van der Waals surface area contributed by atoms with E-state index in [-0.39, 0.29) is 18.4 Å². The van der Waals surface area contributed by atoms with Gasteiger partial charge in [0.05, 0.1) is 13.2 Å². The van der Waals surface area contributed by atoms with Crippen LogP contribution in [0, 0.1) is 0 Å². The molecule has 2 unspecified atom stereocenters. The number of esters is 1. The molecule has 10 nitrogen and oxygen atoms in total. The van der Waals surface area contributed by atoms with Crippen LogP contribution >= 0.6 is 0 Å². The predicted molar refractivity (Wildman–Crippen MR) is 118 cm³/mol. The van der Waals surface area contributed by atoms with E-state index < -0.39 is 18.2 Å². The van der Waals surface area contributed by atoms with Crippen LogP contribution < -0.4 is 5.32 Å². The van der Waals surface area contributed by atoms with Gasteiger partial charge in [0.1, 0.15) is 0 Å². The normalized spacial score (nSPS) is 23.7. The second kappa shape index (κ2) is 9.56. The van der Waals surface area contributed by atoms with Crippen molar-refractivity contribution in [3.8, 4) is 0 Å². The van der Waals surface area contributed by atoms with E-state index in [4.69, 9.17) is 9.73 Å². The van der Waals surface area contributed by atoms with E-state index in [0.29, 0.717) is 39.3 Å². The molecule has 3 heterocycles. The number of carbonyl (C=O) groups excluding carboxylic acids is 3. The molecule has 0 saturated carbocycles. The molecule has 1 N–H and O–H groups in total. The molecular formula is C22H30N6O4. The number of aliphatic imine (C=N–C) groups is 1. The molecule has 0 aromatic heterocycles. The van der Waals surface area contributed by atoms with Gasteiger partial charge in [-0.3, -0.25) is 19.8 Å². The maximum absolute atomic E-state index is 12.8. The van der Waals surface area contributed by atoms with E-state index in [0.717, 1.165) is 12.4 Å². The number of hydrogen-bond donors (Lipinski definition) is 1. The van der Waals surface area contributed by atoms with Crippen LogP contribution in [0.3, 0.4) is 0 Å². The fourth-order valence-corrected chi connectivity index (χ4v) is 4.40. The van der Waals surface area contributed by atoms with Gasteiger partial charge in [0.2, 0.25) is 0 Å². The smallest absolute Gasteiger partial charge is 0.325 e. The molecule has 3 aliphatic heterocycles. The highest BCUT2D eigenvalue weighted by Crippen LogP contribution is 2.26. The molecule has 172 valence electrons. The standard InChI is InChI=1S/C22H30N6O4/c1-3-32-17(29)15-26-11-13-27(14-12-26)21-23-19-18(20(30)24-22(31)25(19)2)28(21)10-9-16-7-5-4-6-8-16/h4-8,18-19H,3,9-15H2,1-2H3,(H,24,30,31). The Bertz CT molecular complexity index is 884. The highest BCUT2D eigenvalue weighted by Gasteiger charge is 2.49. The number of hydrogen-bond acceptors (Lipinski definition) is 8. The molecule has 2 saturated heterocycles. The summed E-state index contributed by atoms with van der Waals surface area (Å²) >= 11 is 0. The van der Waals surface area contributed by atoms with Crippen molar-refractivity contribution in [2.75, 3.05) is 52.9 Å². The molecule has 0 aliphatic carbocycles. The molecule has 32 heavy (non-hydrogen) atoms. The van der Waals surface area contributed by atoms with Gasteiger partial charge < -0.3 is 19.4 Å². The van der Waals surface area contributed by atoms with Gasteiger partial charge in [0.15, 0.2) is 18.2 Å². The zero-order valence-corrected chi connectivity index (χ0v) is 18.6. The summed E-state index contributed by atoms with van der Waals surface area (Å²) < 4.78 is 5.05. The lowest BCUT2D eigenvalue weighted by Gasteiger charge is -2.40. The molecule has 2 atom stereocenters. The van der Waals surface area contributed by atoms with E-state index in [2.05, 4.69) is 27.2 Å². The van der Waals surface area contributed by atoms with Gasteiger partial charge in [-0.1, -0.05) is 30.3 Å². The molecule has 0 bridgehead atoms. The summed E-state index contributed by atoms with van der Waals surface area (Å²) in [6.45, 7) is 5.82. The monoisotopic (exact) mass is 442 g/mol. The zero-order valence-electron chi connectivity index (χ0n) is 18.6. The maximum atomic E-state index is 12.8. The largest absolute Gasteiger partial charge is 0.465 e. The summed E-state index contributed by atoms with van der Waals surface area (Å²) in [6, 6.07) is 9.13. The summed E-state index contributed by atoms with van der Waals surface area (Å²) in [7, 11) is 1.67. The number of benzene rings is 1. The van der Waals surface area contributed by atoms with Crippen molar-refractivity contribution in [1.82, 2.24) is 24.9 Å². The Morgan fingerprint density at radius 3 is 2.56 bits per heavy atom. The number of ether oxygens (including phenoxy) is 1. The van der Waals surface area contributed by atoms with Crippen molar-refractivity contribution in [1.29, 1.82) is 0 Å². The molecule has 1 aromatic rings. The first kappa shape index (κ1) is 22.1. The summed E-state index contributed by atoms with van der Waals surface area (Å²) in [4.78, 5) is 49.3. The van der Waals surface area contributed by atoms with Crippen LogP contribution in [0.5, 0.6) is 0 Å². The average molecular weight is 443 g/mol. The van der Waals surface area contributed by atoms with Crippen LogP contribution in [0.2, 0.25) is 0 Å². The zero-order chi connectivity index (χ0) is 22.7. The number of piperazine rings is 1. The second-order valence-electron chi connectivity index (χ2n) is 8.19. The molecule has 10 heteroatoms. The first-order chi connectivity index (χ1) is 15.5. The van der Waals surface area contributed by atoms with Gasteiger partial charge in [-0.25, -0.2) is 9.79 Å². The topological polar surface area (TPSA) is 97.8 Å². The van der Waals surface area contributed by atoms with Gasteiger partial charge >= 0.3 is 12.0 Å². The Hall–Kier alpha value is -3.14. The van der Waals surface area contributed by atoms with Crippen LogP contribution in [0.1, 0.15) is 12.5 Å². The Morgan fingerprint density at radius 2 is 1.88 bits per heavy atom. The average Bonchev–Trinajstić information content (AvgIpc) is 3.18. The Morgan fingerprint density at radius 1 is 1.16 bits per heavy atom. The van der Waals surface area contributed by atoms with Gasteiger partial charge in [0, 0.05) is 39.8 Å². The van der Waals surface area contributed by atoms with E-state index in [1.807, 2.05) is 23.1 Å². The lowest BCUT2D eigenvalue weighted by Crippen LogP contribution is -2.64. The third-order valence-electron chi connectivity index (χ3n) is 6.14. The molecule has 3 amide bonds. The summed E-state index contributed by atoms with van der Waals surface area (Å²) in [6.07, 6.45) is 0.219. The van der Waals surface area contributed by atoms with Crippen molar-refractivity contribution in [3.05, 3.63) is 35.9 Å².